The minimum absolute atomic E-state index is 0. The van der Waals surface area contributed by atoms with Crippen molar-refractivity contribution in [2.24, 2.45) is 0 Å². The lowest BCUT2D eigenvalue weighted by Gasteiger charge is -2.22. The first kappa shape index (κ1) is 13.0. The lowest BCUT2D eigenvalue weighted by atomic mass is 10.2. The molecule has 1 aliphatic rings. The number of hydrogen-bond acceptors (Lipinski definition) is 3. The highest BCUT2D eigenvalue weighted by atomic mass is 35.5. The molecular formula is C11H15ClN2O2. The van der Waals surface area contributed by atoms with E-state index >= 15 is 0 Å². The molecule has 0 radical (unpaired) electrons. The van der Waals surface area contributed by atoms with Gasteiger partial charge in [-0.1, -0.05) is 18.2 Å². The normalized spacial score (nSPS) is 19.6. The van der Waals surface area contributed by atoms with E-state index in [0.29, 0.717) is 13.2 Å². The largest absolute Gasteiger partial charge is 0.366 e. The van der Waals surface area contributed by atoms with E-state index in [1.54, 1.807) is 0 Å². The minimum Gasteiger partial charge on any atom is -0.366 e. The third-order valence-corrected chi connectivity index (χ3v) is 2.26. The molecule has 1 aromatic rings. The number of halogens is 1. The molecule has 1 saturated heterocycles. The first-order valence-corrected chi connectivity index (χ1v) is 5.04. The molecular weight excluding hydrogens is 228 g/mol. The Bertz CT molecular complexity index is 326. The summed E-state index contributed by atoms with van der Waals surface area (Å²) in [6.07, 6.45) is -0.376. The number of amides is 1. The Kier molecular flexibility index (Phi) is 5.25. The van der Waals surface area contributed by atoms with Gasteiger partial charge in [0.1, 0.15) is 6.10 Å². The molecule has 0 aliphatic carbocycles. The average molecular weight is 243 g/mol. The quantitative estimate of drug-likeness (QED) is 0.815. The van der Waals surface area contributed by atoms with Crippen molar-refractivity contribution in [2.45, 2.75) is 6.10 Å². The van der Waals surface area contributed by atoms with Crippen LogP contribution in [0.4, 0.5) is 5.69 Å². The molecule has 0 saturated carbocycles. The highest BCUT2D eigenvalue weighted by Gasteiger charge is 2.21. The Morgan fingerprint density at radius 2 is 2.12 bits per heavy atom. The first-order valence-electron chi connectivity index (χ1n) is 5.04. The fourth-order valence-corrected chi connectivity index (χ4v) is 1.48. The van der Waals surface area contributed by atoms with Gasteiger partial charge in [-0.3, -0.25) is 4.79 Å². The van der Waals surface area contributed by atoms with Crippen LogP contribution in [0.15, 0.2) is 30.3 Å². The fourth-order valence-electron chi connectivity index (χ4n) is 1.48. The number of rotatable bonds is 2. The van der Waals surface area contributed by atoms with E-state index in [2.05, 4.69) is 10.6 Å². The number of hydrogen-bond donors (Lipinski definition) is 2. The summed E-state index contributed by atoms with van der Waals surface area (Å²) < 4.78 is 5.34. The van der Waals surface area contributed by atoms with Crippen molar-refractivity contribution in [1.82, 2.24) is 5.32 Å². The summed E-state index contributed by atoms with van der Waals surface area (Å²) in [6.45, 7) is 1.99. The van der Waals surface area contributed by atoms with Gasteiger partial charge < -0.3 is 15.4 Å². The van der Waals surface area contributed by atoms with E-state index in [4.69, 9.17) is 4.74 Å². The van der Waals surface area contributed by atoms with Crippen LogP contribution in [0.1, 0.15) is 0 Å². The zero-order chi connectivity index (χ0) is 10.5. The Morgan fingerprint density at radius 1 is 1.38 bits per heavy atom. The van der Waals surface area contributed by atoms with Gasteiger partial charge in [-0.05, 0) is 12.1 Å². The van der Waals surface area contributed by atoms with Crippen molar-refractivity contribution < 1.29 is 9.53 Å². The monoisotopic (exact) mass is 242 g/mol. The molecule has 0 bridgehead atoms. The van der Waals surface area contributed by atoms with Crippen LogP contribution in [0.25, 0.3) is 0 Å². The van der Waals surface area contributed by atoms with Crippen LogP contribution >= 0.6 is 12.4 Å². The van der Waals surface area contributed by atoms with Crippen molar-refractivity contribution in [1.29, 1.82) is 0 Å². The molecule has 1 amide bonds. The van der Waals surface area contributed by atoms with Crippen LogP contribution in [0.5, 0.6) is 0 Å². The summed E-state index contributed by atoms with van der Waals surface area (Å²) in [5.41, 5.74) is 0.802. The van der Waals surface area contributed by atoms with Crippen molar-refractivity contribution in [3.8, 4) is 0 Å². The van der Waals surface area contributed by atoms with Crippen molar-refractivity contribution in [3.05, 3.63) is 30.3 Å². The molecule has 1 fully saturated rings. The van der Waals surface area contributed by atoms with Gasteiger partial charge in [-0.15, -0.1) is 12.4 Å². The van der Waals surface area contributed by atoms with E-state index in [1.807, 2.05) is 30.3 Å². The molecule has 2 rings (SSSR count). The second-order valence-corrected chi connectivity index (χ2v) is 3.42. The van der Waals surface area contributed by atoms with Crippen molar-refractivity contribution >= 4 is 24.0 Å². The van der Waals surface area contributed by atoms with Crippen molar-refractivity contribution in [3.63, 3.8) is 0 Å². The van der Waals surface area contributed by atoms with Gasteiger partial charge in [0.05, 0.1) is 6.61 Å². The smallest absolute Gasteiger partial charge is 0.254 e. The second-order valence-electron chi connectivity index (χ2n) is 3.42. The average Bonchev–Trinajstić information content (AvgIpc) is 2.31. The summed E-state index contributed by atoms with van der Waals surface area (Å²) in [5, 5.41) is 5.92. The van der Waals surface area contributed by atoms with E-state index in [1.165, 1.54) is 0 Å². The molecule has 1 aliphatic heterocycles. The van der Waals surface area contributed by atoms with Crippen LogP contribution in [-0.2, 0) is 9.53 Å². The summed E-state index contributed by atoms with van der Waals surface area (Å²) >= 11 is 0. The number of carbonyl (C=O) groups is 1. The molecule has 1 heterocycles. The number of carbonyl (C=O) groups excluding carboxylic acids is 1. The fraction of sp³-hybridized carbons (Fsp3) is 0.364. The summed E-state index contributed by atoms with van der Waals surface area (Å²) in [6, 6.07) is 9.39. The first-order chi connectivity index (χ1) is 7.36. The van der Waals surface area contributed by atoms with Gasteiger partial charge >= 0.3 is 0 Å². The predicted octanol–water partition coefficient (Wildman–Crippen LogP) is 1.04. The minimum atomic E-state index is -0.376. The lowest BCUT2D eigenvalue weighted by molar-refractivity contribution is -0.128. The van der Waals surface area contributed by atoms with Gasteiger partial charge in [0.15, 0.2) is 0 Å². The molecule has 0 spiro atoms. The van der Waals surface area contributed by atoms with E-state index in [-0.39, 0.29) is 24.4 Å². The maximum Gasteiger partial charge on any atom is 0.254 e. The van der Waals surface area contributed by atoms with Gasteiger partial charge in [0.25, 0.3) is 5.91 Å². The molecule has 16 heavy (non-hydrogen) atoms. The third kappa shape index (κ3) is 3.48. The van der Waals surface area contributed by atoms with Crippen LogP contribution in [0.2, 0.25) is 0 Å². The van der Waals surface area contributed by atoms with Crippen LogP contribution < -0.4 is 10.6 Å². The summed E-state index contributed by atoms with van der Waals surface area (Å²) in [5.74, 6) is -0.0894. The predicted molar refractivity (Wildman–Crippen MR) is 64.9 cm³/mol. The molecule has 0 unspecified atom stereocenters. The number of morpholine rings is 1. The maximum absolute atomic E-state index is 11.7. The Balaban J connectivity index is 0.00000128. The molecule has 1 aromatic carbocycles. The Labute approximate surface area is 101 Å². The van der Waals surface area contributed by atoms with E-state index < -0.39 is 0 Å². The van der Waals surface area contributed by atoms with Gasteiger partial charge in [0, 0.05) is 18.8 Å². The number of nitrogens with one attached hydrogen (secondary N) is 2. The van der Waals surface area contributed by atoms with Crippen LogP contribution in [0, 0.1) is 0 Å². The Morgan fingerprint density at radius 3 is 2.75 bits per heavy atom. The maximum atomic E-state index is 11.7. The summed E-state index contributed by atoms with van der Waals surface area (Å²) in [7, 11) is 0. The van der Waals surface area contributed by atoms with Gasteiger partial charge in [-0.2, -0.15) is 0 Å². The van der Waals surface area contributed by atoms with Crippen LogP contribution in [0.3, 0.4) is 0 Å². The zero-order valence-electron chi connectivity index (χ0n) is 8.81. The Hall–Kier alpha value is -1.10. The van der Waals surface area contributed by atoms with Crippen LogP contribution in [-0.4, -0.2) is 31.7 Å². The second kappa shape index (κ2) is 6.48. The number of benzene rings is 1. The molecule has 2 N–H and O–H groups in total. The third-order valence-electron chi connectivity index (χ3n) is 2.26. The zero-order valence-corrected chi connectivity index (χ0v) is 9.63. The van der Waals surface area contributed by atoms with E-state index in [0.717, 1.165) is 12.2 Å². The standard InChI is InChI=1S/C11H14N2O2.ClH/c14-11(10-8-12-6-7-15-10)13-9-4-2-1-3-5-9;/h1-5,10,12H,6-8H2,(H,13,14);1H/t10-;/m1./s1. The van der Waals surface area contributed by atoms with Crippen molar-refractivity contribution in [2.75, 3.05) is 25.0 Å². The van der Waals surface area contributed by atoms with E-state index in [9.17, 15) is 4.79 Å². The molecule has 5 heteroatoms. The molecule has 1 atom stereocenters. The number of ether oxygens (including phenoxy) is 1. The highest BCUT2D eigenvalue weighted by molar-refractivity contribution is 5.94. The van der Waals surface area contributed by atoms with Gasteiger partial charge in [0.2, 0.25) is 0 Å². The highest BCUT2D eigenvalue weighted by Crippen LogP contribution is 2.07. The molecule has 0 aromatic heterocycles. The SMILES string of the molecule is Cl.O=C(Nc1ccccc1)[C@H]1CNCCO1. The summed E-state index contributed by atoms with van der Waals surface area (Å²) in [4.78, 5) is 11.7. The molecule has 4 nitrogen and oxygen atoms in total. The topological polar surface area (TPSA) is 50.4 Å². The van der Waals surface area contributed by atoms with Gasteiger partial charge in [-0.25, -0.2) is 0 Å². The lowest BCUT2D eigenvalue weighted by Crippen LogP contribution is -2.45. The molecule has 88 valence electrons. The number of para-hydroxylation sites is 1. The number of anilines is 1.